The molecular weight excluding hydrogens is 235 g/mol. The van der Waals surface area contributed by atoms with Crippen LogP contribution in [0.3, 0.4) is 0 Å². The van der Waals surface area contributed by atoms with Crippen LogP contribution in [0.5, 0.6) is 0 Å². The average molecular weight is 264 g/mol. The van der Waals surface area contributed by atoms with Gasteiger partial charge >= 0.3 is 0 Å². The van der Waals surface area contributed by atoms with Gasteiger partial charge in [0.05, 0.1) is 0 Å². The smallest absolute Gasteiger partial charge is 0.105 e. The SMILES string of the molecule is BC1CCCC(C2CCC(C3CC3C)CC2S)C1. The molecule has 3 saturated carbocycles. The van der Waals surface area contributed by atoms with Crippen LogP contribution in [0.25, 0.3) is 0 Å². The van der Waals surface area contributed by atoms with E-state index < -0.39 is 0 Å². The van der Waals surface area contributed by atoms with E-state index in [1.54, 1.807) is 0 Å². The molecule has 2 heteroatoms. The minimum Gasteiger partial charge on any atom is -0.176 e. The van der Waals surface area contributed by atoms with Gasteiger partial charge in [-0.25, -0.2) is 0 Å². The zero-order valence-electron chi connectivity index (χ0n) is 12.1. The second-order valence-corrected chi connectivity index (χ2v) is 8.38. The highest BCUT2D eigenvalue weighted by Crippen LogP contribution is 2.52. The minimum absolute atomic E-state index is 0.715. The van der Waals surface area contributed by atoms with Gasteiger partial charge < -0.3 is 0 Å². The minimum atomic E-state index is 0.715. The molecule has 18 heavy (non-hydrogen) atoms. The molecule has 0 aromatic carbocycles. The Balaban J connectivity index is 1.55. The van der Waals surface area contributed by atoms with Crippen molar-refractivity contribution in [2.75, 3.05) is 0 Å². The van der Waals surface area contributed by atoms with Crippen molar-refractivity contribution in [1.29, 1.82) is 0 Å². The van der Waals surface area contributed by atoms with Crippen molar-refractivity contribution < 1.29 is 0 Å². The van der Waals surface area contributed by atoms with Gasteiger partial charge in [-0.05, 0) is 55.3 Å². The summed E-state index contributed by atoms with van der Waals surface area (Å²) >= 11 is 5.01. The molecule has 0 saturated heterocycles. The van der Waals surface area contributed by atoms with E-state index in [9.17, 15) is 0 Å². The summed E-state index contributed by atoms with van der Waals surface area (Å²) < 4.78 is 0. The molecule has 0 amide bonds. The molecule has 0 aromatic heterocycles. The zero-order valence-corrected chi connectivity index (χ0v) is 13.0. The summed E-state index contributed by atoms with van der Waals surface area (Å²) in [5, 5.41) is 0.715. The van der Waals surface area contributed by atoms with Crippen LogP contribution in [-0.2, 0) is 0 Å². The number of hydrogen-bond acceptors (Lipinski definition) is 1. The maximum absolute atomic E-state index is 5.01. The molecule has 0 aromatic rings. The van der Waals surface area contributed by atoms with E-state index in [4.69, 9.17) is 12.6 Å². The first-order chi connectivity index (χ1) is 8.65. The van der Waals surface area contributed by atoms with Gasteiger partial charge in [0.25, 0.3) is 0 Å². The fraction of sp³-hybridized carbons (Fsp3) is 1.00. The lowest BCUT2D eigenvalue weighted by Crippen LogP contribution is -2.34. The second-order valence-electron chi connectivity index (χ2n) is 7.71. The fourth-order valence-electron chi connectivity index (χ4n) is 5.02. The highest BCUT2D eigenvalue weighted by atomic mass is 32.1. The maximum atomic E-state index is 5.01. The van der Waals surface area contributed by atoms with Crippen molar-refractivity contribution in [3.05, 3.63) is 0 Å². The van der Waals surface area contributed by atoms with E-state index in [1.807, 2.05) is 0 Å². The maximum Gasteiger partial charge on any atom is 0.105 e. The van der Waals surface area contributed by atoms with E-state index in [1.165, 1.54) is 51.4 Å². The Morgan fingerprint density at radius 2 is 1.61 bits per heavy atom. The third-order valence-corrected chi connectivity index (χ3v) is 6.86. The Kier molecular flexibility index (Phi) is 4.04. The van der Waals surface area contributed by atoms with Crippen LogP contribution in [0, 0.1) is 29.6 Å². The first-order valence-electron chi connectivity index (χ1n) is 8.33. The van der Waals surface area contributed by atoms with Crippen molar-refractivity contribution in [3.8, 4) is 0 Å². The number of rotatable bonds is 2. The molecule has 0 radical (unpaired) electrons. The van der Waals surface area contributed by atoms with E-state index in [0.29, 0.717) is 5.25 Å². The van der Waals surface area contributed by atoms with E-state index in [-0.39, 0.29) is 0 Å². The summed E-state index contributed by atoms with van der Waals surface area (Å²) in [5.41, 5.74) is 0. The summed E-state index contributed by atoms with van der Waals surface area (Å²) in [4.78, 5) is 0. The van der Waals surface area contributed by atoms with Gasteiger partial charge in [0.1, 0.15) is 7.85 Å². The lowest BCUT2D eigenvalue weighted by Gasteiger charge is -2.41. The van der Waals surface area contributed by atoms with Crippen LogP contribution in [0.15, 0.2) is 0 Å². The van der Waals surface area contributed by atoms with Crippen molar-refractivity contribution >= 4 is 20.5 Å². The van der Waals surface area contributed by atoms with Crippen LogP contribution in [0.2, 0.25) is 5.82 Å². The van der Waals surface area contributed by atoms with Crippen molar-refractivity contribution in [1.82, 2.24) is 0 Å². The van der Waals surface area contributed by atoms with Crippen LogP contribution in [0.1, 0.15) is 58.3 Å². The van der Waals surface area contributed by atoms with Crippen molar-refractivity contribution in [2.24, 2.45) is 29.6 Å². The normalized spacial score (nSPS) is 53.1. The first kappa shape index (κ1) is 13.4. The second kappa shape index (κ2) is 5.42. The van der Waals surface area contributed by atoms with Crippen LogP contribution < -0.4 is 0 Å². The van der Waals surface area contributed by atoms with Crippen molar-refractivity contribution in [3.63, 3.8) is 0 Å². The summed E-state index contributed by atoms with van der Waals surface area (Å²) in [6, 6.07) is 0. The summed E-state index contributed by atoms with van der Waals surface area (Å²) in [6.45, 7) is 2.44. The van der Waals surface area contributed by atoms with E-state index in [0.717, 1.165) is 35.4 Å². The predicted molar refractivity (Wildman–Crippen MR) is 85.1 cm³/mol. The molecule has 0 heterocycles. The van der Waals surface area contributed by atoms with Crippen LogP contribution >= 0.6 is 12.6 Å². The average Bonchev–Trinajstić information content (AvgIpc) is 3.06. The molecular formula is C16H29BS. The van der Waals surface area contributed by atoms with Gasteiger partial charge in [-0.2, -0.15) is 12.6 Å². The van der Waals surface area contributed by atoms with Crippen LogP contribution in [-0.4, -0.2) is 13.1 Å². The molecule has 102 valence electrons. The number of hydrogen-bond donors (Lipinski definition) is 1. The van der Waals surface area contributed by atoms with Crippen LogP contribution in [0.4, 0.5) is 0 Å². The summed E-state index contributed by atoms with van der Waals surface area (Å²) in [7, 11) is 2.46. The Morgan fingerprint density at radius 3 is 2.22 bits per heavy atom. The van der Waals surface area contributed by atoms with Gasteiger partial charge in [0.2, 0.25) is 0 Å². The third-order valence-electron chi connectivity index (χ3n) is 6.27. The first-order valence-corrected chi connectivity index (χ1v) is 8.85. The van der Waals surface area contributed by atoms with Gasteiger partial charge in [0.15, 0.2) is 0 Å². The Bertz CT molecular complexity index is 293. The third kappa shape index (κ3) is 2.79. The molecule has 0 aliphatic heterocycles. The van der Waals surface area contributed by atoms with Gasteiger partial charge in [-0.1, -0.05) is 38.4 Å². The molecule has 0 spiro atoms. The molecule has 0 nitrogen and oxygen atoms in total. The molecule has 3 aliphatic rings. The molecule has 0 N–H and O–H groups in total. The zero-order chi connectivity index (χ0) is 12.7. The topological polar surface area (TPSA) is 0 Å². The molecule has 0 bridgehead atoms. The lowest BCUT2D eigenvalue weighted by atomic mass is 9.64. The van der Waals surface area contributed by atoms with E-state index >= 15 is 0 Å². The molecule has 3 rings (SSSR count). The van der Waals surface area contributed by atoms with E-state index in [2.05, 4.69) is 14.8 Å². The molecule has 3 fully saturated rings. The Labute approximate surface area is 120 Å². The Morgan fingerprint density at radius 1 is 0.889 bits per heavy atom. The number of thiol groups is 1. The van der Waals surface area contributed by atoms with Gasteiger partial charge in [-0.15, -0.1) is 0 Å². The largest absolute Gasteiger partial charge is 0.176 e. The predicted octanol–water partition coefficient (Wildman–Crippen LogP) is 3.97. The summed E-state index contributed by atoms with van der Waals surface area (Å²) in [5.74, 6) is 6.06. The summed E-state index contributed by atoms with van der Waals surface area (Å²) in [6.07, 6.45) is 11.9. The van der Waals surface area contributed by atoms with Gasteiger partial charge in [0, 0.05) is 5.25 Å². The highest BCUT2D eigenvalue weighted by Gasteiger charge is 2.44. The molecule has 7 atom stereocenters. The fourth-order valence-corrected chi connectivity index (χ4v) is 5.68. The monoisotopic (exact) mass is 264 g/mol. The van der Waals surface area contributed by atoms with Crippen molar-refractivity contribution in [2.45, 2.75) is 69.4 Å². The molecule has 7 unspecified atom stereocenters. The molecule has 3 aliphatic carbocycles. The quantitative estimate of drug-likeness (QED) is 0.566. The highest BCUT2D eigenvalue weighted by molar-refractivity contribution is 7.81. The Hall–Kier alpha value is 0.415. The van der Waals surface area contributed by atoms with Gasteiger partial charge in [-0.3, -0.25) is 0 Å². The lowest BCUT2D eigenvalue weighted by molar-refractivity contribution is 0.165. The standard InChI is InChI=1S/C16H29BS/c1-10-7-15(10)12-5-6-14(16(18)9-12)11-3-2-4-13(17)8-11/h10-16,18H,2-9,17H2,1H3.